The van der Waals surface area contributed by atoms with E-state index < -0.39 is 5.97 Å². The number of ether oxygens (including phenoxy) is 2. The van der Waals surface area contributed by atoms with Crippen molar-refractivity contribution < 1.29 is 23.8 Å². The van der Waals surface area contributed by atoms with Gasteiger partial charge in [0.15, 0.2) is 0 Å². The van der Waals surface area contributed by atoms with Crippen molar-refractivity contribution in [1.82, 2.24) is 0 Å². The van der Waals surface area contributed by atoms with Gasteiger partial charge in [0, 0.05) is 6.07 Å². The zero-order chi connectivity index (χ0) is 17.8. The molecule has 2 atom stereocenters. The average Bonchev–Trinajstić information content (AvgIpc) is 3.18. The standard InChI is InChI=1S/C21H13FO4/c22-12-2-1-3-13(9-12)25-14-5-7-16-18(10-14)20-17-8-11(21(23)24)4-6-15(17)19(16)26-20/h1-10,19-20H,(H,23,24)/t19-,20+/m1/s1. The van der Waals surface area contributed by atoms with Crippen LogP contribution in [0.4, 0.5) is 4.39 Å². The molecule has 0 amide bonds. The van der Waals surface area contributed by atoms with Gasteiger partial charge in [-0.2, -0.15) is 0 Å². The third-order valence-electron chi connectivity index (χ3n) is 4.83. The fourth-order valence-corrected chi connectivity index (χ4v) is 3.69. The van der Waals surface area contributed by atoms with E-state index in [1.807, 2.05) is 24.3 Å². The highest BCUT2D eigenvalue weighted by Crippen LogP contribution is 2.55. The summed E-state index contributed by atoms with van der Waals surface area (Å²) in [6.07, 6.45) is -0.489. The monoisotopic (exact) mass is 348 g/mol. The van der Waals surface area contributed by atoms with Crippen LogP contribution in [0.3, 0.4) is 0 Å². The fraction of sp³-hybridized carbons (Fsp3) is 0.0952. The SMILES string of the molecule is O=C(O)c1ccc2c(c1)[C@@H]1O[C@H]2c2ccc(Oc3cccc(F)c3)cc21. The van der Waals surface area contributed by atoms with Gasteiger partial charge >= 0.3 is 5.97 Å². The molecular formula is C21H13FO4. The van der Waals surface area contributed by atoms with Crippen molar-refractivity contribution in [2.24, 2.45) is 0 Å². The molecule has 0 aromatic heterocycles. The van der Waals surface area contributed by atoms with E-state index in [0.717, 1.165) is 22.3 Å². The van der Waals surface area contributed by atoms with Crippen LogP contribution >= 0.6 is 0 Å². The Hall–Kier alpha value is -3.18. The number of hydrogen-bond donors (Lipinski definition) is 1. The molecule has 0 fully saturated rings. The number of fused-ring (bicyclic) bond motifs is 8. The van der Waals surface area contributed by atoms with Gasteiger partial charge in [0.1, 0.15) is 29.5 Å². The van der Waals surface area contributed by atoms with Crippen molar-refractivity contribution in [2.45, 2.75) is 12.2 Å². The molecule has 26 heavy (non-hydrogen) atoms. The molecule has 1 N–H and O–H groups in total. The molecule has 5 heteroatoms. The molecule has 0 radical (unpaired) electrons. The highest BCUT2D eigenvalue weighted by Gasteiger charge is 2.43. The third kappa shape index (κ3) is 2.21. The zero-order valence-corrected chi connectivity index (χ0v) is 13.5. The number of benzene rings is 3. The molecule has 0 spiro atoms. The van der Waals surface area contributed by atoms with Gasteiger partial charge in [-0.25, -0.2) is 9.18 Å². The van der Waals surface area contributed by atoms with E-state index in [1.165, 1.54) is 12.1 Å². The summed E-state index contributed by atoms with van der Waals surface area (Å²) in [4.78, 5) is 11.2. The first kappa shape index (κ1) is 15.1. The highest BCUT2D eigenvalue weighted by atomic mass is 19.1. The fourth-order valence-electron chi connectivity index (χ4n) is 3.69. The molecule has 0 saturated heterocycles. The Balaban J connectivity index is 1.51. The molecule has 0 aliphatic carbocycles. The zero-order valence-electron chi connectivity index (χ0n) is 13.5. The lowest BCUT2D eigenvalue weighted by molar-refractivity contribution is 0.0696. The van der Waals surface area contributed by atoms with Crippen molar-refractivity contribution in [3.63, 3.8) is 0 Å². The predicted octanol–water partition coefficient (Wildman–Crippen LogP) is 4.84. The van der Waals surface area contributed by atoms with Crippen LogP contribution < -0.4 is 4.74 Å². The van der Waals surface area contributed by atoms with Crippen LogP contribution in [0, 0.1) is 5.82 Å². The molecule has 0 saturated carbocycles. The number of carbonyl (C=O) groups is 1. The molecule has 0 unspecified atom stereocenters. The second kappa shape index (κ2) is 5.41. The third-order valence-corrected chi connectivity index (χ3v) is 4.83. The first-order valence-corrected chi connectivity index (χ1v) is 8.20. The molecule has 2 aliphatic heterocycles. The molecule has 2 aliphatic rings. The Labute approximate surface area is 148 Å². The number of hydrogen-bond acceptors (Lipinski definition) is 3. The average molecular weight is 348 g/mol. The number of carboxylic acids is 1. The van der Waals surface area contributed by atoms with Crippen molar-refractivity contribution in [3.8, 4) is 11.5 Å². The van der Waals surface area contributed by atoms with Gasteiger partial charge in [-0.05, 0) is 58.7 Å². The Morgan fingerprint density at radius 1 is 0.885 bits per heavy atom. The molecule has 3 aromatic carbocycles. The van der Waals surface area contributed by atoms with Crippen LogP contribution in [-0.4, -0.2) is 11.1 Å². The summed E-state index contributed by atoms with van der Waals surface area (Å²) in [5, 5.41) is 9.22. The van der Waals surface area contributed by atoms with Crippen LogP contribution in [0.15, 0.2) is 60.7 Å². The van der Waals surface area contributed by atoms with Crippen molar-refractivity contribution in [3.05, 3.63) is 94.3 Å². The van der Waals surface area contributed by atoms with Gasteiger partial charge in [0.05, 0.1) is 5.56 Å². The van der Waals surface area contributed by atoms with Crippen LogP contribution in [0.25, 0.3) is 0 Å². The second-order valence-corrected chi connectivity index (χ2v) is 6.40. The topological polar surface area (TPSA) is 55.8 Å². The van der Waals surface area contributed by atoms with Crippen molar-refractivity contribution in [1.29, 1.82) is 0 Å². The summed E-state index contributed by atoms with van der Waals surface area (Å²) < 4.78 is 25.1. The maximum atomic E-state index is 13.3. The Kier molecular flexibility index (Phi) is 3.14. The van der Waals surface area contributed by atoms with Crippen LogP contribution in [0.1, 0.15) is 44.8 Å². The smallest absolute Gasteiger partial charge is 0.335 e. The Morgan fingerprint density at radius 2 is 1.58 bits per heavy atom. The van der Waals surface area contributed by atoms with E-state index >= 15 is 0 Å². The van der Waals surface area contributed by atoms with Gasteiger partial charge < -0.3 is 14.6 Å². The summed E-state index contributed by atoms with van der Waals surface area (Å²) in [6, 6.07) is 16.7. The van der Waals surface area contributed by atoms with E-state index in [1.54, 1.807) is 24.3 Å². The lowest BCUT2D eigenvalue weighted by Gasteiger charge is -2.17. The first-order valence-electron chi connectivity index (χ1n) is 8.20. The maximum absolute atomic E-state index is 13.3. The highest BCUT2D eigenvalue weighted by molar-refractivity contribution is 5.88. The lowest BCUT2D eigenvalue weighted by atomic mass is 9.85. The van der Waals surface area contributed by atoms with E-state index in [2.05, 4.69) is 0 Å². The summed E-state index contributed by atoms with van der Waals surface area (Å²) in [7, 11) is 0. The molecule has 2 heterocycles. The number of halogens is 1. The van der Waals surface area contributed by atoms with Gasteiger partial charge in [-0.1, -0.05) is 18.2 Å². The minimum atomic E-state index is -0.959. The number of rotatable bonds is 3. The summed E-state index contributed by atoms with van der Waals surface area (Å²) >= 11 is 0. The van der Waals surface area contributed by atoms with Crippen molar-refractivity contribution in [2.75, 3.05) is 0 Å². The summed E-state index contributed by atoms with van der Waals surface area (Å²) in [5.41, 5.74) is 4.14. The molecule has 128 valence electrons. The van der Waals surface area contributed by atoms with Crippen LogP contribution in [-0.2, 0) is 4.74 Å². The van der Waals surface area contributed by atoms with Gasteiger partial charge in [-0.3, -0.25) is 0 Å². The van der Waals surface area contributed by atoms with E-state index in [-0.39, 0.29) is 23.6 Å². The Morgan fingerprint density at radius 3 is 2.35 bits per heavy atom. The predicted molar refractivity (Wildman–Crippen MR) is 91.1 cm³/mol. The number of carboxylic acid groups (broad SMARTS) is 1. The van der Waals surface area contributed by atoms with Gasteiger partial charge in [-0.15, -0.1) is 0 Å². The summed E-state index contributed by atoms with van der Waals surface area (Å²) in [5.74, 6) is -0.316. The minimum absolute atomic E-state index is 0.184. The normalized spacial score (nSPS) is 19.1. The second-order valence-electron chi connectivity index (χ2n) is 6.40. The molecule has 2 bridgehead atoms. The number of aromatic carboxylic acids is 1. The summed E-state index contributed by atoms with van der Waals surface area (Å²) in [6.45, 7) is 0. The Bertz CT molecular complexity index is 1060. The van der Waals surface area contributed by atoms with Crippen LogP contribution in [0.2, 0.25) is 0 Å². The first-order chi connectivity index (χ1) is 12.6. The largest absolute Gasteiger partial charge is 0.478 e. The van der Waals surface area contributed by atoms with Crippen LogP contribution in [0.5, 0.6) is 11.5 Å². The maximum Gasteiger partial charge on any atom is 0.335 e. The van der Waals surface area contributed by atoms with Gasteiger partial charge in [0.2, 0.25) is 0 Å². The quantitative estimate of drug-likeness (QED) is 0.736. The van der Waals surface area contributed by atoms with E-state index in [9.17, 15) is 14.3 Å². The molecule has 3 aromatic rings. The molecule has 4 nitrogen and oxygen atoms in total. The molecular weight excluding hydrogens is 335 g/mol. The molecule has 5 rings (SSSR count). The van der Waals surface area contributed by atoms with E-state index in [4.69, 9.17) is 9.47 Å². The van der Waals surface area contributed by atoms with Gasteiger partial charge in [0.25, 0.3) is 0 Å². The lowest BCUT2D eigenvalue weighted by Crippen LogP contribution is -2.06. The van der Waals surface area contributed by atoms with Crippen molar-refractivity contribution >= 4 is 5.97 Å². The minimum Gasteiger partial charge on any atom is -0.478 e. The van der Waals surface area contributed by atoms with E-state index in [0.29, 0.717) is 11.5 Å².